The fraction of sp³-hybridized carbons (Fsp3) is 0.688. The molecule has 0 aliphatic heterocycles. The van der Waals surface area contributed by atoms with E-state index < -0.39 is 0 Å². The minimum Gasteiger partial charge on any atom is -0.469 e. The van der Waals surface area contributed by atoms with Gasteiger partial charge in [0.15, 0.2) is 0 Å². The van der Waals surface area contributed by atoms with E-state index in [-0.39, 0.29) is 11.9 Å². The first-order valence-corrected chi connectivity index (χ1v) is 7.01. The Morgan fingerprint density at radius 1 is 1.44 bits per heavy atom. The number of hydrogen-bond donors (Lipinski definition) is 0. The molecule has 2 heteroatoms. The number of hydrogen-bond acceptors (Lipinski definition) is 2. The quantitative estimate of drug-likeness (QED) is 0.696. The Hall–Kier alpha value is -1.05. The summed E-state index contributed by atoms with van der Waals surface area (Å²) in [6.45, 7) is 8.44. The van der Waals surface area contributed by atoms with E-state index in [2.05, 4.69) is 19.6 Å². The smallest absolute Gasteiger partial charge is 0.308 e. The maximum Gasteiger partial charge on any atom is 0.308 e. The minimum atomic E-state index is -0.0783. The molecular formula is C16H24O2. The summed E-state index contributed by atoms with van der Waals surface area (Å²) in [7, 11) is 1.48. The standard InChI is InChI=1S/C16H24O2/c1-10-5-7-13-11(2)6-8-14(15(13)9-10)12(3)16(17)18-4/h9,11-14H,1,5-8H2,2-4H3/t11-,12-,13+,14+/m1/s1. The lowest BCUT2D eigenvalue weighted by Crippen LogP contribution is -2.34. The number of ether oxygens (including phenoxy) is 1. The Morgan fingerprint density at radius 2 is 2.17 bits per heavy atom. The zero-order valence-corrected chi connectivity index (χ0v) is 11.7. The highest BCUT2D eigenvalue weighted by Gasteiger charge is 2.38. The molecule has 0 unspecified atom stereocenters. The van der Waals surface area contributed by atoms with Crippen molar-refractivity contribution in [2.45, 2.75) is 39.5 Å². The van der Waals surface area contributed by atoms with Crippen molar-refractivity contribution in [1.82, 2.24) is 0 Å². The van der Waals surface area contributed by atoms with Crippen LogP contribution in [0.15, 0.2) is 23.8 Å². The van der Waals surface area contributed by atoms with Crippen LogP contribution in [0.5, 0.6) is 0 Å². The summed E-state index contributed by atoms with van der Waals surface area (Å²) in [5.74, 6) is 1.65. The monoisotopic (exact) mass is 248 g/mol. The van der Waals surface area contributed by atoms with Crippen molar-refractivity contribution in [3.05, 3.63) is 23.8 Å². The maximum absolute atomic E-state index is 11.8. The van der Waals surface area contributed by atoms with Crippen LogP contribution in [0.3, 0.4) is 0 Å². The predicted octanol–water partition coefficient (Wildman–Crippen LogP) is 3.73. The van der Waals surface area contributed by atoms with Crippen LogP contribution in [-0.4, -0.2) is 13.1 Å². The van der Waals surface area contributed by atoms with Gasteiger partial charge in [-0.15, -0.1) is 0 Å². The first-order valence-electron chi connectivity index (χ1n) is 7.01. The van der Waals surface area contributed by atoms with E-state index in [9.17, 15) is 4.79 Å². The molecule has 2 aliphatic rings. The van der Waals surface area contributed by atoms with Crippen molar-refractivity contribution in [2.24, 2.45) is 23.7 Å². The molecule has 0 aromatic heterocycles. The molecule has 0 amide bonds. The Balaban J connectivity index is 2.25. The largest absolute Gasteiger partial charge is 0.469 e. The van der Waals surface area contributed by atoms with Gasteiger partial charge >= 0.3 is 5.97 Å². The molecular weight excluding hydrogens is 224 g/mol. The molecule has 1 fully saturated rings. The van der Waals surface area contributed by atoms with Gasteiger partial charge in [-0.05, 0) is 43.4 Å². The van der Waals surface area contributed by atoms with Crippen LogP contribution < -0.4 is 0 Å². The number of carbonyl (C=O) groups excluding carboxylic acids is 1. The molecule has 2 rings (SSSR count). The molecule has 0 N–H and O–H groups in total. The van der Waals surface area contributed by atoms with Crippen LogP contribution in [0.4, 0.5) is 0 Å². The third kappa shape index (κ3) is 2.38. The number of esters is 1. The van der Waals surface area contributed by atoms with E-state index in [1.807, 2.05) is 6.92 Å². The number of rotatable bonds is 2. The van der Waals surface area contributed by atoms with E-state index in [0.29, 0.717) is 11.8 Å². The van der Waals surface area contributed by atoms with Gasteiger partial charge in [0.05, 0.1) is 13.0 Å². The summed E-state index contributed by atoms with van der Waals surface area (Å²) in [5, 5.41) is 0. The van der Waals surface area contributed by atoms with Crippen molar-refractivity contribution in [1.29, 1.82) is 0 Å². The summed E-state index contributed by atoms with van der Waals surface area (Å²) in [6, 6.07) is 0. The van der Waals surface area contributed by atoms with Crippen LogP contribution in [0.1, 0.15) is 39.5 Å². The van der Waals surface area contributed by atoms with E-state index in [0.717, 1.165) is 18.8 Å². The lowest BCUT2D eigenvalue weighted by molar-refractivity contribution is -0.146. The first kappa shape index (κ1) is 13.4. The Morgan fingerprint density at radius 3 is 2.83 bits per heavy atom. The average molecular weight is 248 g/mol. The summed E-state index contributed by atoms with van der Waals surface area (Å²) in [5.41, 5.74) is 2.68. The van der Waals surface area contributed by atoms with Crippen molar-refractivity contribution < 1.29 is 9.53 Å². The second kappa shape index (κ2) is 5.29. The summed E-state index contributed by atoms with van der Waals surface area (Å²) < 4.78 is 4.91. The van der Waals surface area contributed by atoms with Crippen molar-refractivity contribution in [2.75, 3.05) is 7.11 Å². The first-order chi connectivity index (χ1) is 8.54. The minimum absolute atomic E-state index is 0.0258. The Kier molecular flexibility index (Phi) is 3.94. The van der Waals surface area contributed by atoms with Gasteiger partial charge in [-0.1, -0.05) is 37.6 Å². The molecule has 0 radical (unpaired) electrons. The van der Waals surface area contributed by atoms with Gasteiger partial charge in [0.1, 0.15) is 0 Å². The number of carbonyl (C=O) groups is 1. The van der Waals surface area contributed by atoms with Gasteiger partial charge in [0.25, 0.3) is 0 Å². The molecule has 0 aromatic rings. The van der Waals surface area contributed by atoms with Crippen LogP contribution in [0.25, 0.3) is 0 Å². The van der Waals surface area contributed by atoms with Gasteiger partial charge in [-0.25, -0.2) is 0 Å². The van der Waals surface area contributed by atoms with E-state index in [4.69, 9.17) is 4.74 Å². The highest BCUT2D eigenvalue weighted by atomic mass is 16.5. The van der Waals surface area contributed by atoms with Crippen LogP contribution >= 0.6 is 0 Å². The Labute approximate surface area is 110 Å². The third-order valence-electron chi connectivity index (χ3n) is 4.80. The lowest BCUT2D eigenvalue weighted by atomic mass is 9.63. The van der Waals surface area contributed by atoms with Gasteiger partial charge in [-0.2, -0.15) is 0 Å². The fourth-order valence-corrected chi connectivity index (χ4v) is 3.62. The molecule has 18 heavy (non-hydrogen) atoms. The SMILES string of the molecule is C=C1C=C2[C@@H](CC1)[C@H](C)CC[C@H]2[C@@H](C)C(=O)OC. The summed E-state index contributed by atoms with van der Waals surface area (Å²) >= 11 is 0. The van der Waals surface area contributed by atoms with E-state index in [1.54, 1.807) is 0 Å². The molecule has 1 saturated carbocycles. The number of methoxy groups -OCH3 is 1. The molecule has 2 nitrogen and oxygen atoms in total. The summed E-state index contributed by atoms with van der Waals surface area (Å²) in [4.78, 5) is 11.8. The molecule has 100 valence electrons. The highest BCUT2D eigenvalue weighted by molar-refractivity contribution is 5.72. The predicted molar refractivity (Wildman–Crippen MR) is 73.0 cm³/mol. The third-order valence-corrected chi connectivity index (χ3v) is 4.80. The van der Waals surface area contributed by atoms with Crippen LogP contribution in [-0.2, 0) is 9.53 Å². The van der Waals surface area contributed by atoms with Gasteiger partial charge in [0.2, 0.25) is 0 Å². The second-order valence-electron chi connectivity index (χ2n) is 5.92. The zero-order chi connectivity index (χ0) is 13.3. The van der Waals surface area contributed by atoms with Crippen LogP contribution in [0, 0.1) is 23.7 Å². The fourth-order valence-electron chi connectivity index (χ4n) is 3.62. The van der Waals surface area contributed by atoms with Crippen molar-refractivity contribution in [3.63, 3.8) is 0 Å². The number of allylic oxidation sites excluding steroid dienone is 3. The lowest BCUT2D eigenvalue weighted by Gasteiger charge is -2.41. The van der Waals surface area contributed by atoms with E-state index >= 15 is 0 Å². The molecule has 0 bridgehead atoms. The maximum atomic E-state index is 11.8. The van der Waals surface area contributed by atoms with Gasteiger partial charge in [-0.3, -0.25) is 4.79 Å². The normalized spacial score (nSPS) is 33.4. The molecule has 2 aliphatic carbocycles. The molecule has 4 atom stereocenters. The van der Waals surface area contributed by atoms with Gasteiger partial charge < -0.3 is 4.74 Å². The zero-order valence-electron chi connectivity index (χ0n) is 11.7. The number of fused-ring (bicyclic) bond motifs is 1. The summed E-state index contributed by atoms with van der Waals surface area (Å²) in [6.07, 6.45) is 6.90. The van der Waals surface area contributed by atoms with Crippen molar-refractivity contribution in [3.8, 4) is 0 Å². The highest BCUT2D eigenvalue weighted by Crippen LogP contribution is 2.47. The topological polar surface area (TPSA) is 26.3 Å². The van der Waals surface area contributed by atoms with Crippen LogP contribution in [0.2, 0.25) is 0 Å². The molecule has 0 spiro atoms. The second-order valence-corrected chi connectivity index (χ2v) is 5.92. The van der Waals surface area contributed by atoms with Crippen molar-refractivity contribution >= 4 is 5.97 Å². The average Bonchev–Trinajstić information content (AvgIpc) is 2.37. The molecule has 0 heterocycles. The van der Waals surface area contributed by atoms with E-state index in [1.165, 1.54) is 31.1 Å². The van der Waals surface area contributed by atoms with Gasteiger partial charge in [0, 0.05) is 0 Å². The Bertz CT molecular complexity index is 381. The molecule has 0 aromatic carbocycles. The molecule has 0 saturated heterocycles.